The predicted octanol–water partition coefficient (Wildman–Crippen LogP) is 2.17. The maximum atomic E-state index is 8.97. The third kappa shape index (κ3) is 1.89. The topological polar surface area (TPSA) is 67.2 Å². The Morgan fingerprint density at radius 2 is 2.00 bits per heavy atom. The molecule has 1 aromatic carbocycles. The molecule has 0 radical (unpaired) electrons. The molecule has 2 aromatic rings. The molecule has 0 unspecified atom stereocenters. The highest BCUT2D eigenvalue weighted by Gasteiger charge is 2.12. The molecule has 0 fully saturated rings. The Balaban J connectivity index is 2.85. The molecule has 1 N–H and O–H groups in total. The number of fused-ring (bicyclic) bond motifs is 1. The van der Waals surface area contributed by atoms with Crippen molar-refractivity contribution in [2.24, 2.45) is 0 Å². The van der Waals surface area contributed by atoms with Gasteiger partial charge in [-0.25, -0.2) is 4.98 Å². The van der Waals surface area contributed by atoms with Crippen LogP contribution in [-0.2, 0) is 0 Å². The number of rotatable bonds is 3. The number of hydrogen-bond donors (Lipinski definition) is 1. The molecule has 1 heterocycles. The molecular formula is C13H13N3O2. The van der Waals surface area contributed by atoms with Crippen LogP contribution in [0.3, 0.4) is 0 Å². The van der Waals surface area contributed by atoms with Crippen molar-refractivity contribution >= 4 is 16.6 Å². The zero-order valence-electron chi connectivity index (χ0n) is 10.4. The number of hydrogen-bond acceptors (Lipinski definition) is 5. The van der Waals surface area contributed by atoms with Crippen molar-refractivity contribution in [1.29, 1.82) is 5.26 Å². The van der Waals surface area contributed by atoms with E-state index < -0.39 is 0 Å². The van der Waals surface area contributed by atoms with Gasteiger partial charge in [0.2, 0.25) is 0 Å². The second-order valence-electron chi connectivity index (χ2n) is 3.64. The van der Waals surface area contributed by atoms with Gasteiger partial charge in [0.15, 0.2) is 0 Å². The first-order chi connectivity index (χ1) is 8.73. The predicted molar refractivity (Wildman–Crippen MR) is 69.1 cm³/mol. The van der Waals surface area contributed by atoms with E-state index in [0.29, 0.717) is 22.7 Å². The summed E-state index contributed by atoms with van der Waals surface area (Å²) in [6.45, 7) is 0. The van der Waals surface area contributed by atoms with Crippen LogP contribution in [0, 0.1) is 11.3 Å². The third-order valence-electron chi connectivity index (χ3n) is 2.69. The lowest BCUT2D eigenvalue weighted by Crippen LogP contribution is -1.97. The van der Waals surface area contributed by atoms with Gasteiger partial charge < -0.3 is 14.8 Å². The van der Waals surface area contributed by atoms with E-state index in [4.69, 9.17) is 14.7 Å². The summed E-state index contributed by atoms with van der Waals surface area (Å²) in [6, 6.07) is 7.29. The van der Waals surface area contributed by atoms with E-state index in [1.807, 2.05) is 6.07 Å². The lowest BCUT2D eigenvalue weighted by molar-refractivity contribution is 0.398. The molecule has 5 heteroatoms. The van der Waals surface area contributed by atoms with Crippen molar-refractivity contribution in [3.63, 3.8) is 0 Å². The lowest BCUT2D eigenvalue weighted by atomic mass is 10.1. The highest BCUT2D eigenvalue weighted by Crippen LogP contribution is 2.35. The van der Waals surface area contributed by atoms with E-state index in [-0.39, 0.29) is 0 Å². The minimum atomic E-state index is 0.349. The third-order valence-corrected chi connectivity index (χ3v) is 2.69. The fourth-order valence-corrected chi connectivity index (χ4v) is 1.84. The number of aromatic nitrogens is 1. The Bertz CT molecular complexity index is 632. The second kappa shape index (κ2) is 4.80. The maximum Gasteiger partial charge on any atom is 0.143 e. The highest BCUT2D eigenvalue weighted by molar-refractivity contribution is 5.97. The van der Waals surface area contributed by atoms with Gasteiger partial charge in [0.05, 0.1) is 25.1 Å². The Hall–Kier alpha value is -2.48. The minimum Gasteiger partial charge on any atom is -0.497 e. The first kappa shape index (κ1) is 12.0. The van der Waals surface area contributed by atoms with Gasteiger partial charge in [-0.05, 0) is 6.07 Å². The van der Waals surface area contributed by atoms with Crippen LogP contribution in [-0.4, -0.2) is 26.3 Å². The molecule has 1 aromatic heterocycles. The van der Waals surface area contributed by atoms with Gasteiger partial charge in [-0.2, -0.15) is 5.26 Å². The van der Waals surface area contributed by atoms with Crippen LogP contribution in [0.25, 0.3) is 10.9 Å². The standard InChI is InChI=1S/C13H13N3O2/c1-15-10-4-8(7-14)16-11-5-9(17-2)6-12(18-3)13(10)11/h4-6H,1-3H3,(H,15,16). The minimum absolute atomic E-state index is 0.349. The zero-order chi connectivity index (χ0) is 13.1. The monoisotopic (exact) mass is 243 g/mol. The quantitative estimate of drug-likeness (QED) is 0.894. The average Bonchev–Trinajstić information content (AvgIpc) is 2.44. The average molecular weight is 243 g/mol. The molecule has 0 amide bonds. The van der Waals surface area contributed by atoms with Crippen molar-refractivity contribution in [3.8, 4) is 17.6 Å². The molecule has 0 atom stereocenters. The van der Waals surface area contributed by atoms with E-state index in [2.05, 4.69) is 10.3 Å². The molecule has 5 nitrogen and oxygen atoms in total. The van der Waals surface area contributed by atoms with E-state index in [9.17, 15) is 0 Å². The Labute approximate surface area is 105 Å². The SMILES string of the molecule is CNc1cc(C#N)nc2cc(OC)cc(OC)c12. The fraction of sp³-hybridized carbons (Fsp3) is 0.231. The first-order valence-corrected chi connectivity index (χ1v) is 5.38. The number of methoxy groups -OCH3 is 2. The largest absolute Gasteiger partial charge is 0.497 e. The summed E-state index contributed by atoms with van der Waals surface area (Å²) in [7, 11) is 4.96. The number of nitrogens with zero attached hydrogens (tertiary/aromatic N) is 2. The molecule has 0 bridgehead atoms. The molecule has 0 saturated heterocycles. The number of pyridine rings is 1. The summed E-state index contributed by atoms with van der Waals surface area (Å²) in [5.74, 6) is 1.30. The van der Waals surface area contributed by atoms with Gasteiger partial charge in [0, 0.05) is 24.9 Å². The number of anilines is 1. The number of nitriles is 1. The van der Waals surface area contributed by atoms with E-state index >= 15 is 0 Å². The van der Waals surface area contributed by atoms with E-state index in [1.165, 1.54) is 0 Å². The molecular weight excluding hydrogens is 230 g/mol. The summed E-state index contributed by atoms with van der Waals surface area (Å²) < 4.78 is 10.5. The van der Waals surface area contributed by atoms with Crippen molar-refractivity contribution < 1.29 is 9.47 Å². The molecule has 0 aliphatic heterocycles. The van der Waals surface area contributed by atoms with Crippen LogP contribution in [0.1, 0.15) is 5.69 Å². The number of ether oxygens (including phenoxy) is 2. The van der Waals surface area contributed by atoms with E-state index in [0.717, 1.165) is 11.1 Å². The molecule has 92 valence electrons. The van der Waals surface area contributed by atoms with Gasteiger partial charge in [-0.15, -0.1) is 0 Å². The van der Waals surface area contributed by atoms with Crippen molar-refractivity contribution in [2.75, 3.05) is 26.6 Å². The fourth-order valence-electron chi connectivity index (χ4n) is 1.84. The van der Waals surface area contributed by atoms with Crippen LogP contribution in [0.15, 0.2) is 18.2 Å². The van der Waals surface area contributed by atoms with Gasteiger partial charge in [0.1, 0.15) is 23.3 Å². The summed E-state index contributed by atoms with van der Waals surface area (Å²) >= 11 is 0. The van der Waals surface area contributed by atoms with Crippen LogP contribution >= 0.6 is 0 Å². The smallest absolute Gasteiger partial charge is 0.143 e. The summed E-state index contributed by atoms with van der Waals surface area (Å²) in [5.41, 5.74) is 1.81. The van der Waals surface area contributed by atoms with Gasteiger partial charge in [0.25, 0.3) is 0 Å². The maximum absolute atomic E-state index is 8.97. The molecule has 18 heavy (non-hydrogen) atoms. The molecule has 0 aliphatic rings. The number of nitrogens with one attached hydrogen (secondary N) is 1. The molecule has 0 aliphatic carbocycles. The Morgan fingerprint density at radius 1 is 1.22 bits per heavy atom. The first-order valence-electron chi connectivity index (χ1n) is 5.38. The van der Waals surface area contributed by atoms with Crippen molar-refractivity contribution in [2.45, 2.75) is 0 Å². The van der Waals surface area contributed by atoms with Gasteiger partial charge >= 0.3 is 0 Å². The Kier molecular flexibility index (Phi) is 3.20. The lowest BCUT2D eigenvalue weighted by Gasteiger charge is -2.12. The van der Waals surface area contributed by atoms with E-state index in [1.54, 1.807) is 39.5 Å². The van der Waals surface area contributed by atoms with Gasteiger partial charge in [-0.3, -0.25) is 0 Å². The second-order valence-corrected chi connectivity index (χ2v) is 3.64. The summed E-state index contributed by atoms with van der Waals surface area (Å²) in [5, 5.41) is 12.8. The summed E-state index contributed by atoms with van der Waals surface area (Å²) in [4.78, 5) is 4.26. The van der Waals surface area contributed by atoms with Crippen molar-refractivity contribution in [3.05, 3.63) is 23.9 Å². The normalized spacial score (nSPS) is 9.89. The van der Waals surface area contributed by atoms with Crippen molar-refractivity contribution in [1.82, 2.24) is 4.98 Å². The molecule has 2 rings (SSSR count). The Morgan fingerprint density at radius 3 is 2.56 bits per heavy atom. The zero-order valence-corrected chi connectivity index (χ0v) is 10.4. The van der Waals surface area contributed by atoms with Crippen LogP contribution in [0.5, 0.6) is 11.5 Å². The van der Waals surface area contributed by atoms with Crippen LogP contribution < -0.4 is 14.8 Å². The molecule has 0 saturated carbocycles. The number of benzene rings is 1. The highest BCUT2D eigenvalue weighted by atomic mass is 16.5. The molecule has 0 spiro atoms. The van der Waals surface area contributed by atoms with Crippen LogP contribution in [0.4, 0.5) is 5.69 Å². The van der Waals surface area contributed by atoms with Gasteiger partial charge in [-0.1, -0.05) is 0 Å². The summed E-state index contributed by atoms with van der Waals surface area (Å²) in [6.07, 6.45) is 0. The van der Waals surface area contributed by atoms with Crippen LogP contribution in [0.2, 0.25) is 0 Å².